The fraction of sp³-hybridized carbons (Fsp3) is 0.571. The fourth-order valence-corrected chi connectivity index (χ4v) is 2.16. The van der Waals surface area contributed by atoms with Crippen LogP contribution in [0.1, 0.15) is 25.0 Å². The molecular formula is C14H24N2. The van der Waals surface area contributed by atoms with Crippen LogP contribution in [0.15, 0.2) is 18.2 Å². The predicted molar refractivity (Wildman–Crippen MR) is 72.0 cm³/mol. The lowest BCUT2D eigenvalue weighted by Gasteiger charge is -2.33. The van der Waals surface area contributed by atoms with Crippen LogP contribution in [-0.4, -0.2) is 19.6 Å². The molecule has 1 aromatic rings. The molecule has 1 aromatic carbocycles. The molecule has 0 fully saturated rings. The van der Waals surface area contributed by atoms with Crippen LogP contribution in [0.2, 0.25) is 0 Å². The smallest absolute Gasteiger partial charge is 0.0432 e. The summed E-state index contributed by atoms with van der Waals surface area (Å²) in [4.78, 5) is 2.31. The van der Waals surface area contributed by atoms with Crippen molar-refractivity contribution in [1.29, 1.82) is 0 Å². The number of rotatable bonds is 4. The Morgan fingerprint density at radius 3 is 2.38 bits per heavy atom. The molecule has 0 radical (unpaired) electrons. The molecule has 1 atom stereocenters. The zero-order valence-corrected chi connectivity index (χ0v) is 11.1. The Morgan fingerprint density at radius 2 is 1.88 bits per heavy atom. The van der Waals surface area contributed by atoms with Gasteiger partial charge in [0.25, 0.3) is 0 Å². The molecule has 0 saturated carbocycles. The SMILES string of the molecule is Cc1ccc(C)c(N(C)C(CN)C(C)C)c1. The third-order valence-electron chi connectivity index (χ3n) is 3.25. The first kappa shape index (κ1) is 13.0. The molecule has 0 aliphatic rings. The Morgan fingerprint density at radius 1 is 1.25 bits per heavy atom. The van der Waals surface area contributed by atoms with E-state index in [4.69, 9.17) is 5.73 Å². The van der Waals surface area contributed by atoms with Crippen molar-refractivity contribution < 1.29 is 0 Å². The Kier molecular flexibility index (Phi) is 4.36. The average Bonchev–Trinajstić information content (AvgIpc) is 2.22. The average molecular weight is 220 g/mol. The number of hydrogen-bond donors (Lipinski definition) is 1. The standard InChI is InChI=1S/C14H24N2/c1-10(2)14(9-15)16(5)13-8-11(3)6-7-12(13)4/h6-8,10,14H,9,15H2,1-5H3. The molecule has 2 N–H and O–H groups in total. The summed E-state index contributed by atoms with van der Waals surface area (Å²) < 4.78 is 0. The second kappa shape index (κ2) is 5.35. The van der Waals surface area contributed by atoms with Crippen molar-refractivity contribution in [2.45, 2.75) is 33.7 Å². The van der Waals surface area contributed by atoms with Gasteiger partial charge in [-0.15, -0.1) is 0 Å². The topological polar surface area (TPSA) is 29.3 Å². The zero-order valence-electron chi connectivity index (χ0n) is 11.1. The first-order valence-corrected chi connectivity index (χ1v) is 5.97. The molecule has 90 valence electrons. The van der Waals surface area contributed by atoms with Gasteiger partial charge in [0.1, 0.15) is 0 Å². The van der Waals surface area contributed by atoms with Crippen molar-refractivity contribution in [3.05, 3.63) is 29.3 Å². The fourth-order valence-electron chi connectivity index (χ4n) is 2.16. The summed E-state index contributed by atoms with van der Waals surface area (Å²) in [6.45, 7) is 9.42. The van der Waals surface area contributed by atoms with Crippen LogP contribution in [0, 0.1) is 19.8 Å². The van der Waals surface area contributed by atoms with E-state index in [9.17, 15) is 0 Å². The van der Waals surface area contributed by atoms with Gasteiger partial charge < -0.3 is 10.6 Å². The molecule has 0 bridgehead atoms. The summed E-state index contributed by atoms with van der Waals surface area (Å²) >= 11 is 0. The molecule has 0 aliphatic carbocycles. The molecule has 0 spiro atoms. The van der Waals surface area contributed by atoms with Gasteiger partial charge in [0.15, 0.2) is 0 Å². The van der Waals surface area contributed by atoms with E-state index in [1.54, 1.807) is 0 Å². The molecule has 0 amide bonds. The van der Waals surface area contributed by atoms with E-state index in [0.717, 1.165) is 0 Å². The minimum Gasteiger partial charge on any atom is -0.370 e. The Hall–Kier alpha value is -1.02. The molecule has 0 heterocycles. The maximum absolute atomic E-state index is 5.86. The van der Waals surface area contributed by atoms with Crippen LogP contribution in [0.3, 0.4) is 0 Å². The maximum Gasteiger partial charge on any atom is 0.0432 e. The third-order valence-corrected chi connectivity index (χ3v) is 3.25. The monoisotopic (exact) mass is 220 g/mol. The van der Waals surface area contributed by atoms with Crippen LogP contribution in [0.4, 0.5) is 5.69 Å². The van der Waals surface area contributed by atoms with E-state index in [2.05, 4.69) is 57.8 Å². The molecule has 16 heavy (non-hydrogen) atoms. The van der Waals surface area contributed by atoms with Gasteiger partial charge in [-0.05, 0) is 37.0 Å². The highest BCUT2D eigenvalue weighted by molar-refractivity contribution is 5.55. The number of anilines is 1. The molecule has 2 heteroatoms. The minimum atomic E-state index is 0.403. The number of likely N-dealkylation sites (N-methyl/N-ethyl adjacent to an activating group) is 1. The van der Waals surface area contributed by atoms with Crippen molar-refractivity contribution in [3.8, 4) is 0 Å². The lowest BCUT2D eigenvalue weighted by Crippen LogP contribution is -2.42. The molecule has 0 aliphatic heterocycles. The van der Waals surface area contributed by atoms with E-state index < -0.39 is 0 Å². The molecule has 1 rings (SSSR count). The van der Waals surface area contributed by atoms with Crippen LogP contribution in [0.25, 0.3) is 0 Å². The minimum absolute atomic E-state index is 0.403. The predicted octanol–water partition coefficient (Wildman–Crippen LogP) is 2.72. The number of hydrogen-bond acceptors (Lipinski definition) is 2. The van der Waals surface area contributed by atoms with E-state index in [1.807, 2.05) is 0 Å². The first-order chi connectivity index (χ1) is 7.47. The van der Waals surface area contributed by atoms with E-state index >= 15 is 0 Å². The summed E-state index contributed by atoms with van der Waals surface area (Å²) in [7, 11) is 2.14. The van der Waals surface area contributed by atoms with Crippen LogP contribution in [-0.2, 0) is 0 Å². The van der Waals surface area contributed by atoms with Gasteiger partial charge in [0, 0.05) is 25.3 Å². The van der Waals surface area contributed by atoms with E-state index in [-0.39, 0.29) is 0 Å². The van der Waals surface area contributed by atoms with Crippen molar-refractivity contribution in [2.24, 2.45) is 11.7 Å². The summed E-state index contributed by atoms with van der Waals surface area (Å²) in [5, 5.41) is 0. The van der Waals surface area contributed by atoms with Crippen molar-refractivity contribution in [2.75, 3.05) is 18.5 Å². The van der Waals surface area contributed by atoms with Crippen molar-refractivity contribution in [3.63, 3.8) is 0 Å². The highest BCUT2D eigenvalue weighted by Gasteiger charge is 2.18. The first-order valence-electron chi connectivity index (χ1n) is 5.97. The van der Waals surface area contributed by atoms with Gasteiger partial charge in [-0.2, -0.15) is 0 Å². The lowest BCUT2D eigenvalue weighted by atomic mass is 10.0. The van der Waals surface area contributed by atoms with Gasteiger partial charge >= 0.3 is 0 Å². The number of nitrogens with two attached hydrogens (primary N) is 1. The molecule has 1 unspecified atom stereocenters. The van der Waals surface area contributed by atoms with Gasteiger partial charge in [-0.1, -0.05) is 26.0 Å². The Balaban J connectivity index is 3.02. The third kappa shape index (κ3) is 2.76. The lowest BCUT2D eigenvalue weighted by molar-refractivity contribution is 0.479. The summed E-state index contributed by atoms with van der Waals surface area (Å²) in [6, 6.07) is 6.97. The second-order valence-corrected chi connectivity index (χ2v) is 4.95. The number of nitrogens with zero attached hydrogens (tertiary/aromatic N) is 1. The largest absolute Gasteiger partial charge is 0.370 e. The summed E-state index contributed by atoms with van der Waals surface area (Å²) in [5.41, 5.74) is 9.76. The summed E-state index contributed by atoms with van der Waals surface area (Å²) in [6.07, 6.45) is 0. The van der Waals surface area contributed by atoms with E-state index in [0.29, 0.717) is 18.5 Å². The van der Waals surface area contributed by atoms with Crippen LogP contribution < -0.4 is 10.6 Å². The van der Waals surface area contributed by atoms with Gasteiger partial charge in [0.05, 0.1) is 0 Å². The van der Waals surface area contributed by atoms with E-state index in [1.165, 1.54) is 16.8 Å². The van der Waals surface area contributed by atoms with Gasteiger partial charge in [-0.25, -0.2) is 0 Å². The highest BCUT2D eigenvalue weighted by Crippen LogP contribution is 2.24. The Labute approximate surface area is 99.5 Å². The number of benzene rings is 1. The maximum atomic E-state index is 5.86. The molecular weight excluding hydrogens is 196 g/mol. The van der Waals surface area contributed by atoms with Crippen LogP contribution >= 0.6 is 0 Å². The van der Waals surface area contributed by atoms with Gasteiger partial charge in [-0.3, -0.25) is 0 Å². The van der Waals surface area contributed by atoms with Crippen molar-refractivity contribution in [1.82, 2.24) is 0 Å². The molecule has 2 nitrogen and oxygen atoms in total. The van der Waals surface area contributed by atoms with Crippen LogP contribution in [0.5, 0.6) is 0 Å². The number of aryl methyl sites for hydroxylation is 2. The normalized spacial score (nSPS) is 12.9. The molecule has 0 aromatic heterocycles. The second-order valence-electron chi connectivity index (χ2n) is 4.95. The van der Waals surface area contributed by atoms with Gasteiger partial charge in [0.2, 0.25) is 0 Å². The quantitative estimate of drug-likeness (QED) is 0.845. The highest BCUT2D eigenvalue weighted by atomic mass is 15.1. The summed E-state index contributed by atoms with van der Waals surface area (Å²) in [5.74, 6) is 0.565. The Bertz CT molecular complexity index is 345. The zero-order chi connectivity index (χ0) is 12.3. The van der Waals surface area contributed by atoms with Crippen molar-refractivity contribution >= 4 is 5.69 Å². The molecule has 0 saturated heterocycles.